The maximum Gasteiger partial charge on any atom is 0.233 e. The molecule has 9 heteroatoms. The van der Waals surface area contributed by atoms with Crippen LogP contribution in [-0.2, 0) is 10.5 Å². The van der Waals surface area contributed by atoms with Crippen LogP contribution in [0.4, 0.5) is 0 Å². The first-order valence-corrected chi connectivity index (χ1v) is 12.8. The predicted molar refractivity (Wildman–Crippen MR) is 127 cm³/mol. The number of rotatable bonds is 8. The van der Waals surface area contributed by atoms with E-state index < -0.39 is 0 Å². The summed E-state index contributed by atoms with van der Waals surface area (Å²) in [6, 6.07) is 18.6. The molecule has 6 nitrogen and oxygen atoms in total. The molecule has 4 aromatic rings. The first-order chi connectivity index (χ1) is 15.2. The number of carbonyl (C=O) groups is 1. The van der Waals surface area contributed by atoms with Crippen molar-refractivity contribution in [3.8, 4) is 5.69 Å². The molecule has 1 amide bonds. The number of amides is 1. The van der Waals surface area contributed by atoms with Crippen molar-refractivity contribution in [2.45, 2.75) is 46.3 Å². The van der Waals surface area contributed by atoms with Gasteiger partial charge in [0.1, 0.15) is 5.82 Å². The van der Waals surface area contributed by atoms with E-state index >= 15 is 0 Å². The van der Waals surface area contributed by atoms with Gasteiger partial charge in [-0.2, -0.15) is 0 Å². The van der Waals surface area contributed by atoms with E-state index in [1.54, 1.807) is 23.1 Å². The van der Waals surface area contributed by atoms with Gasteiger partial charge in [-0.3, -0.25) is 9.36 Å². The van der Waals surface area contributed by atoms with E-state index in [-0.39, 0.29) is 11.2 Å². The molecule has 1 aliphatic carbocycles. The molecule has 1 N–H and O–H groups in total. The number of nitrogens with one attached hydrogen (secondary N) is 1. The summed E-state index contributed by atoms with van der Waals surface area (Å²) in [5.74, 6) is 1.54. The number of thioether (sulfide) groups is 2. The fourth-order valence-corrected chi connectivity index (χ4v) is 5.98. The summed E-state index contributed by atoms with van der Waals surface area (Å²) in [5.41, 5.74) is 2.01. The second kappa shape index (κ2) is 9.02. The van der Waals surface area contributed by atoms with Gasteiger partial charge >= 0.3 is 0 Å². The fraction of sp³-hybridized carbons (Fsp3) is 0.273. The Morgan fingerprint density at radius 2 is 1.94 bits per heavy atom. The SMILES string of the molecule is CC(Sc1nnc(CSc2nc3ccccc3s2)n1-c1ccccc1)C(=O)NC1CC1. The number of hydrogen-bond acceptors (Lipinski definition) is 7. The van der Waals surface area contributed by atoms with Crippen LogP contribution in [0, 0.1) is 0 Å². The van der Waals surface area contributed by atoms with Gasteiger partial charge in [-0.15, -0.1) is 21.5 Å². The molecule has 0 saturated heterocycles. The van der Waals surface area contributed by atoms with Crippen molar-refractivity contribution in [2.75, 3.05) is 0 Å². The van der Waals surface area contributed by atoms with Gasteiger partial charge in [-0.05, 0) is 44.0 Å². The van der Waals surface area contributed by atoms with E-state index in [1.807, 2.05) is 60.0 Å². The van der Waals surface area contributed by atoms with Gasteiger partial charge in [0.15, 0.2) is 9.50 Å². The first kappa shape index (κ1) is 20.5. The van der Waals surface area contributed by atoms with Crippen LogP contribution in [0.3, 0.4) is 0 Å². The molecular formula is C22H21N5OS3. The van der Waals surface area contributed by atoms with Crippen LogP contribution in [0.5, 0.6) is 0 Å². The van der Waals surface area contributed by atoms with Crippen LogP contribution < -0.4 is 5.32 Å². The lowest BCUT2D eigenvalue weighted by atomic mass is 10.3. The maximum atomic E-state index is 12.4. The van der Waals surface area contributed by atoms with Crippen molar-refractivity contribution in [1.29, 1.82) is 0 Å². The quantitative estimate of drug-likeness (QED) is 0.371. The lowest BCUT2D eigenvalue weighted by Gasteiger charge is -2.13. The van der Waals surface area contributed by atoms with Crippen LogP contribution >= 0.6 is 34.9 Å². The van der Waals surface area contributed by atoms with E-state index in [2.05, 4.69) is 21.6 Å². The summed E-state index contributed by atoms with van der Waals surface area (Å²) in [4.78, 5) is 17.2. The smallest absolute Gasteiger partial charge is 0.233 e. The largest absolute Gasteiger partial charge is 0.352 e. The zero-order valence-corrected chi connectivity index (χ0v) is 19.3. The number of para-hydroxylation sites is 2. The highest BCUT2D eigenvalue weighted by Gasteiger charge is 2.27. The third kappa shape index (κ3) is 4.78. The van der Waals surface area contributed by atoms with Crippen molar-refractivity contribution in [3.05, 3.63) is 60.4 Å². The number of fused-ring (bicyclic) bond motifs is 1. The molecule has 1 aliphatic rings. The minimum absolute atomic E-state index is 0.0560. The summed E-state index contributed by atoms with van der Waals surface area (Å²) in [5, 5.41) is 12.5. The van der Waals surface area contributed by atoms with E-state index in [0.29, 0.717) is 11.8 Å². The molecule has 5 rings (SSSR count). The Hall–Kier alpha value is -2.36. The molecule has 1 saturated carbocycles. The Morgan fingerprint density at radius 3 is 2.71 bits per heavy atom. The van der Waals surface area contributed by atoms with Crippen LogP contribution in [0.15, 0.2) is 64.1 Å². The number of carbonyl (C=O) groups excluding carboxylic acids is 1. The van der Waals surface area contributed by atoms with Crippen LogP contribution in [0.1, 0.15) is 25.6 Å². The molecule has 2 aromatic heterocycles. The number of aromatic nitrogens is 4. The molecule has 1 unspecified atom stereocenters. The molecule has 0 radical (unpaired) electrons. The summed E-state index contributed by atoms with van der Waals surface area (Å²) in [6.45, 7) is 1.92. The lowest BCUT2D eigenvalue weighted by molar-refractivity contribution is -0.120. The monoisotopic (exact) mass is 467 g/mol. The highest BCUT2D eigenvalue weighted by atomic mass is 32.2. The minimum atomic E-state index is -0.239. The van der Waals surface area contributed by atoms with Crippen molar-refractivity contribution >= 4 is 51.0 Å². The Kier molecular flexibility index (Phi) is 5.97. The normalized spacial score (nSPS) is 14.6. The second-order valence-corrected chi connectivity index (χ2v) is 10.9. The Bertz CT molecular complexity index is 1170. The Labute approximate surface area is 192 Å². The van der Waals surface area contributed by atoms with Crippen molar-refractivity contribution in [2.24, 2.45) is 0 Å². The van der Waals surface area contributed by atoms with E-state index in [0.717, 1.165) is 39.4 Å². The summed E-state index contributed by atoms with van der Waals surface area (Å²) in [7, 11) is 0. The number of hydrogen-bond donors (Lipinski definition) is 1. The summed E-state index contributed by atoms with van der Waals surface area (Å²) < 4.78 is 4.24. The highest BCUT2D eigenvalue weighted by Crippen LogP contribution is 2.33. The van der Waals surface area contributed by atoms with Gasteiger partial charge < -0.3 is 5.32 Å². The summed E-state index contributed by atoms with van der Waals surface area (Å²) >= 11 is 4.79. The lowest BCUT2D eigenvalue weighted by Crippen LogP contribution is -2.32. The van der Waals surface area contributed by atoms with Gasteiger partial charge in [0.2, 0.25) is 5.91 Å². The average molecular weight is 468 g/mol. The van der Waals surface area contributed by atoms with Gasteiger partial charge in [0, 0.05) is 11.7 Å². The van der Waals surface area contributed by atoms with Crippen LogP contribution in [0.25, 0.3) is 15.9 Å². The highest BCUT2D eigenvalue weighted by molar-refractivity contribution is 8.00. The minimum Gasteiger partial charge on any atom is -0.352 e. The molecule has 158 valence electrons. The Balaban J connectivity index is 1.38. The first-order valence-electron chi connectivity index (χ1n) is 10.1. The standard InChI is InChI=1S/C22H21N5OS3/c1-14(20(28)23-15-11-12-15)30-21-26-25-19(27(21)16-7-3-2-4-8-16)13-29-22-24-17-9-5-6-10-18(17)31-22/h2-10,14-15H,11-13H2,1H3,(H,23,28). The molecule has 1 fully saturated rings. The van der Waals surface area contributed by atoms with E-state index in [9.17, 15) is 4.79 Å². The maximum absolute atomic E-state index is 12.4. The van der Waals surface area contributed by atoms with E-state index in [4.69, 9.17) is 4.98 Å². The summed E-state index contributed by atoms with van der Waals surface area (Å²) in [6.07, 6.45) is 2.16. The molecule has 0 aliphatic heterocycles. The molecule has 1 atom stereocenters. The molecule has 0 spiro atoms. The van der Waals surface area contributed by atoms with Crippen LogP contribution in [0.2, 0.25) is 0 Å². The second-order valence-electron chi connectivity index (χ2n) is 7.35. The van der Waals surface area contributed by atoms with Crippen LogP contribution in [-0.4, -0.2) is 36.9 Å². The molecule has 2 aromatic carbocycles. The molecular weight excluding hydrogens is 446 g/mol. The van der Waals surface area contributed by atoms with Crippen molar-refractivity contribution in [3.63, 3.8) is 0 Å². The van der Waals surface area contributed by atoms with Crippen molar-refractivity contribution < 1.29 is 4.79 Å². The van der Waals surface area contributed by atoms with E-state index in [1.165, 1.54) is 16.5 Å². The third-order valence-electron chi connectivity index (χ3n) is 4.89. The molecule has 2 heterocycles. The molecule has 0 bridgehead atoms. The predicted octanol–water partition coefficient (Wildman–Crippen LogP) is 4.93. The zero-order chi connectivity index (χ0) is 21.2. The number of benzene rings is 2. The van der Waals surface area contributed by atoms with Gasteiger partial charge in [-0.25, -0.2) is 4.98 Å². The van der Waals surface area contributed by atoms with Crippen molar-refractivity contribution in [1.82, 2.24) is 25.1 Å². The topological polar surface area (TPSA) is 72.7 Å². The van der Waals surface area contributed by atoms with Gasteiger partial charge in [-0.1, -0.05) is 53.9 Å². The number of thiazole rings is 1. The van der Waals surface area contributed by atoms with Gasteiger partial charge in [0.05, 0.1) is 21.2 Å². The van der Waals surface area contributed by atoms with Gasteiger partial charge in [0.25, 0.3) is 0 Å². The zero-order valence-electron chi connectivity index (χ0n) is 16.9. The Morgan fingerprint density at radius 1 is 1.16 bits per heavy atom. The fourth-order valence-electron chi connectivity index (χ4n) is 3.10. The third-order valence-corrected chi connectivity index (χ3v) is 8.11. The number of nitrogens with zero attached hydrogens (tertiary/aromatic N) is 4. The molecule has 31 heavy (non-hydrogen) atoms. The average Bonchev–Trinajstić information content (AvgIpc) is 3.36.